The molecule has 0 amide bonds. The molecular weight excluding hydrogens is 333 g/mol. The molecule has 139 valence electrons. The summed E-state index contributed by atoms with van der Waals surface area (Å²) in [5, 5.41) is 0. The molecule has 0 saturated heterocycles. The van der Waals surface area contributed by atoms with Gasteiger partial charge >= 0.3 is 0 Å². The van der Waals surface area contributed by atoms with Crippen molar-refractivity contribution < 1.29 is 13.2 Å². The predicted molar refractivity (Wildman–Crippen MR) is 99.3 cm³/mol. The Hall–Kier alpha value is -1.77. The zero-order valence-electron chi connectivity index (χ0n) is 15.3. The van der Waals surface area contributed by atoms with Crippen molar-refractivity contribution >= 4 is 0 Å². The molecule has 1 aliphatic carbocycles. The van der Waals surface area contributed by atoms with E-state index in [1.165, 1.54) is 38.5 Å². The highest BCUT2D eigenvalue weighted by Crippen LogP contribution is 2.34. The van der Waals surface area contributed by atoms with Gasteiger partial charge in [-0.1, -0.05) is 63.6 Å². The summed E-state index contributed by atoms with van der Waals surface area (Å²) in [6.07, 6.45) is 10.1. The molecule has 0 N–H and O–H groups in total. The van der Waals surface area contributed by atoms with E-state index in [0.29, 0.717) is 11.1 Å². The molecule has 0 aromatic heterocycles. The lowest BCUT2D eigenvalue weighted by atomic mass is 9.78. The maximum absolute atomic E-state index is 13.5. The maximum atomic E-state index is 13.5. The van der Waals surface area contributed by atoms with Crippen LogP contribution in [0, 0.1) is 35.4 Å². The second-order valence-electron chi connectivity index (χ2n) is 7.58. The summed E-state index contributed by atoms with van der Waals surface area (Å²) in [6.45, 7) is 2.26. The number of benzene rings is 2. The first-order valence-electron chi connectivity index (χ1n) is 9.72. The smallest absolute Gasteiger partial charge is 0.194 e. The molecule has 1 saturated carbocycles. The molecule has 1 fully saturated rings. The van der Waals surface area contributed by atoms with Crippen LogP contribution >= 0.6 is 0 Å². The third-order valence-corrected chi connectivity index (χ3v) is 5.67. The van der Waals surface area contributed by atoms with Crippen molar-refractivity contribution in [1.29, 1.82) is 0 Å². The van der Waals surface area contributed by atoms with Gasteiger partial charge in [0, 0.05) is 0 Å². The Morgan fingerprint density at radius 2 is 1.54 bits per heavy atom. The fourth-order valence-electron chi connectivity index (χ4n) is 4.13. The predicted octanol–water partition coefficient (Wildman–Crippen LogP) is 7.11. The van der Waals surface area contributed by atoms with E-state index in [1.807, 2.05) is 12.1 Å². The first kappa shape index (κ1) is 19.0. The maximum Gasteiger partial charge on any atom is 0.194 e. The van der Waals surface area contributed by atoms with E-state index in [2.05, 4.69) is 13.0 Å². The molecule has 0 nitrogen and oxygen atoms in total. The van der Waals surface area contributed by atoms with E-state index in [-0.39, 0.29) is 0 Å². The molecule has 0 bridgehead atoms. The Bertz CT molecular complexity index is 707. The van der Waals surface area contributed by atoms with Gasteiger partial charge in [-0.15, -0.1) is 0 Å². The summed E-state index contributed by atoms with van der Waals surface area (Å²) in [5.41, 5.74) is 2.06. The number of hydrogen-bond acceptors (Lipinski definition) is 0. The van der Waals surface area contributed by atoms with Crippen LogP contribution in [0.4, 0.5) is 13.2 Å². The van der Waals surface area contributed by atoms with Gasteiger partial charge in [-0.3, -0.25) is 0 Å². The summed E-state index contributed by atoms with van der Waals surface area (Å²) >= 11 is 0. The van der Waals surface area contributed by atoms with Crippen molar-refractivity contribution in [3.63, 3.8) is 0 Å². The van der Waals surface area contributed by atoms with Gasteiger partial charge < -0.3 is 0 Å². The molecular formula is C23H26F3. The van der Waals surface area contributed by atoms with E-state index in [1.54, 1.807) is 6.07 Å². The molecule has 2 aromatic carbocycles. The zero-order chi connectivity index (χ0) is 18.5. The van der Waals surface area contributed by atoms with Gasteiger partial charge in [0.15, 0.2) is 17.5 Å². The highest BCUT2D eigenvalue weighted by Gasteiger charge is 2.20. The molecule has 3 heteroatoms. The van der Waals surface area contributed by atoms with Gasteiger partial charge in [-0.2, -0.15) is 0 Å². The van der Waals surface area contributed by atoms with Crippen molar-refractivity contribution in [3.8, 4) is 11.1 Å². The molecule has 0 atom stereocenters. The van der Waals surface area contributed by atoms with Gasteiger partial charge in [0.1, 0.15) is 0 Å². The Balaban J connectivity index is 1.62. The summed E-state index contributed by atoms with van der Waals surface area (Å²) < 4.78 is 40.1. The normalized spacial score (nSPS) is 20.3. The van der Waals surface area contributed by atoms with Crippen molar-refractivity contribution in [3.05, 3.63) is 59.4 Å². The summed E-state index contributed by atoms with van der Waals surface area (Å²) in [5.74, 6) is -2.07. The molecule has 2 aromatic rings. The molecule has 0 spiro atoms. The van der Waals surface area contributed by atoms with E-state index in [0.717, 1.165) is 42.4 Å². The van der Waals surface area contributed by atoms with E-state index in [9.17, 15) is 13.2 Å². The topological polar surface area (TPSA) is 0 Å². The average molecular weight is 359 g/mol. The standard InChI is InChI=1S/C23H26F3/c1-2-4-16-7-9-17(10-8-16)11-12-18-5-3-6-19(13-18)20-14-21(24)23(26)22(25)15-20/h3,5,13-17H,2,4,7-12H2,1H3/t16-,17-. The highest BCUT2D eigenvalue weighted by molar-refractivity contribution is 5.63. The average Bonchev–Trinajstić information content (AvgIpc) is 2.65. The molecule has 0 heterocycles. The molecule has 1 aliphatic rings. The Morgan fingerprint density at radius 1 is 0.923 bits per heavy atom. The van der Waals surface area contributed by atoms with Crippen LogP contribution in [0.25, 0.3) is 11.1 Å². The van der Waals surface area contributed by atoms with Crippen LogP contribution in [0.2, 0.25) is 0 Å². The first-order valence-corrected chi connectivity index (χ1v) is 9.72. The fourth-order valence-corrected chi connectivity index (χ4v) is 4.13. The van der Waals surface area contributed by atoms with Crippen molar-refractivity contribution in [2.45, 2.75) is 58.3 Å². The monoisotopic (exact) mass is 359 g/mol. The third-order valence-electron chi connectivity index (χ3n) is 5.67. The van der Waals surface area contributed by atoms with Crippen molar-refractivity contribution in [1.82, 2.24) is 0 Å². The Labute approximate surface area is 154 Å². The van der Waals surface area contributed by atoms with Crippen LogP contribution in [0.3, 0.4) is 0 Å². The first-order chi connectivity index (χ1) is 12.6. The van der Waals surface area contributed by atoms with Crippen LogP contribution in [-0.2, 0) is 6.42 Å². The molecule has 0 unspecified atom stereocenters. The Morgan fingerprint density at radius 3 is 2.15 bits per heavy atom. The van der Waals surface area contributed by atoms with Gasteiger partial charge in [-0.05, 0) is 59.6 Å². The minimum atomic E-state index is -1.43. The van der Waals surface area contributed by atoms with Crippen molar-refractivity contribution in [2.24, 2.45) is 11.8 Å². The molecule has 26 heavy (non-hydrogen) atoms. The van der Waals surface area contributed by atoms with Gasteiger partial charge in [0.2, 0.25) is 0 Å². The summed E-state index contributed by atoms with van der Waals surface area (Å²) in [6, 6.07) is 10.8. The van der Waals surface area contributed by atoms with E-state index < -0.39 is 17.5 Å². The number of halogens is 3. The largest absolute Gasteiger partial charge is 0.204 e. The zero-order valence-corrected chi connectivity index (χ0v) is 15.3. The summed E-state index contributed by atoms with van der Waals surface area (Å²) in [7, 11) is 0. The van der Waals surface area contributed by atoms with E-state index in [4.69, 9.17) is 0 Å². The van der Waals surface area contributed by atoms with Gasteiger partial charge in [0.25, 0.3) is 0 Å². The second kappa shape index (κ2) is 8.75. The number of hydrogen-bond donors (Lipinski definition) is 0. The van der Waals surface area contributed by atoms with E-state index >= 15 is 0 Å². The molecule has 1 radical (unpaired) electrons. The molecule has 0 aliphatic heterocycles. The number of rotatable bonds is 6. The Kier molecular flexibility index (Phi) is 6.39. The number of aryl methyl sites for hydroxylation is 1. The molecule has 3 rings (SSSR count). The van der Waals surface area contributed by atoms with Crippen LogP contribution in [0.1, 0.15) is 57.4 Å². The SMILES string of the molecule is CCC[C@H]1CC[C@H](CCc2cc[c]c(-c3cc(F)c(F)c(F)c3)c2)CC1. The van der Waals surface area contributed by atoms with Crippen LogP contribution in [0.5, 0.6) is 0 Å². The summed E-state index contributed by atoms with van der Waals surface area (Å²) in [4.78, 5) is 0. The third kappa shape index (κ3) is 4.69. The minimum absolute atomic E-state index is 0.323. The highest BCUT2D eigenvalue weighted by atomic mass is 19.2. The quantitative estimate of drug-likeness (QED) is 0.482. The lowest BCUT2D eigenvalue weighted by molar-refractivity contribution is 0.252. The van der Waals surface area contributed by atoms with Crippen LogP contribution in [0.15, 0.2) is 30.3 Å². The fraction of sp³-hybridized carbons (Fsp3) is 0.478. The lowest BCUT2D eigenvalue weighted by Crippen LogP contribution is -2.15. The van der Waals surface area contributed by atoms with Crippen molar-refractivity contribution in [2.75, 3.05) is 0 Å². The minimum Gasteiger partial charge on any atom is -0.204 e. The van der Waals surface area contributed by atoms with Crippen LogP contribution in [-0.4, -0.2) is 0 Å². The second-order valence-corrected chi connectivity index (χ2v) is 7.58. The van der Waals surface area contributed by atoms with Gasteiger partial charge in [-0.25, -0.2) is 13.2 Å². The van der Waals surface area contributed by atoms with Crippen LogP contribution < -0.4 is 0 Å². The van der Waals surface area contributed by atoms with Gasteiger partial charge in [0.05, 0.1) is 0 Å². The lowest BCUT2D eigenvalue weighted by Gasteiger charge is -2.28.